The number of carbonyl (C=O) groups excluding carboxylic acids is 1. The fraction of sp³-hybridized carbons (Fsp3) is 0.333. The van der Waals surface area contributed by atoms with Crippen molar-refractivity contribution >= 4 is 16.9 Å². The number of aryl methyl sites for hydroxylation is 4. The van der Waals surface area contributed by atoms with Crippen molar-refractivity contribution in [2.45, 2.75) is 34.2 Å². The van der Waals surface area contributed by atoms with E-state index in [1.807, 2.05) is 45.0 Å². The molecule has 2 aromatic carbocycles. The van der Waals surface area contributed by atoms with Crippen LogP contribution in [0.3, 0.4) is 0 Å². The highest BCUT2D eigenvalue weighted by Gasteiger charge is 2.09. The molecule has 136 valence electrons. The molecule has 0 saturated heterocycles. The van der Waals surface area contributed by atoms with Crippen LogP contribution in [0.5, 0.6) is 5.75 Å². The Bertz CT molecular complexity index is 921. The summed E-state index contributed by atoms with van der Waals surface area (Å²) in [6.45, 7) is 9.27. The molecule has 0 radical (unpaired) electrons. The van der Waals surface area contributed by atoms with Gasteiger partial charge in [0.05, 0.1) is 11.0 Å². The molecule has 3 rings (SSSR count). The lowest BCUT2D eigenvalue weighted by molar-refractivity contribution is -0.123. The van der Waals surface area contributed by atoms with Crippen LogP contribution in [0.2, 0.25) is 0 Å². The number of aromatic nitrogens is 2. The molecule has 1 aromatic heterocycles. The van der Waals surface area contributed by atoms with E-state index in [-0.39, 0.29) is 12.5 Å². The van der Waals surface area contributed by atoms with Gasteiger partial charge in [0.25, 0.3) is 5.91 Å². The van der Waals surface area contributed by atoms with Gasteiger partial charge in [-0.1, -0.05) is 29.8 Å². The molecular weight excluding hydrogens is 326 g/mol. The number of carbonyl (C=O) groups is 1. The van der Waals surface area contributed by atoms with E-state index in [1.165, 1.54) is 5.56 Å². The monoisotopic (exact) mass is 351 g/mol. The van der Waals surface area contributed by atoms with Gasteiger partial charge in [-0.2, -0.15) is 0 Å². The number of ether oxygens (including phenoxy) is 1. The van der Waals surface area contributed by atoms with Crippen molar-refractivity contribution in [3.8, 4) is 5.75 Å². The Morgan fingerprint density at radius 3 is 2.54 bits per heavy atom. The summed E-state index contributed by atoms with van der Waals surface area (Å²) < 4.78 is 7.85. The van der Waals surface area contributed by atoms with Gasteiger partial charge in [-0.05, 0) is 51.0 Å². The van der Waals surface area contributed by atoms with E-state index in [2.05, 4.69) is 33.9 Å². The van der Waals surface area contributed by atoms with Gasteiger partial charge < -0.3 is 14.6 Å². The molecule has 5 heteroatoms. The van der Waals surface area contributed by atoms with Crippen LogP contribution in [-0.2, 0) is 11.3 Å². The number of imidazole rings is 1. The fourth-order valence-corrected chi connectivity index (χ4v) is 3.37. The Morgan fingerprint density at radius 1 is 1.12 bits per heavy atom. The highest BCUT2D eigenvalue weighted by atomic mass is 16.5. The van der Waals surface area contributed by atoms with Crippen molar-refractivity contribution in [1.29, 1.82) is 0 Å². The van der Waals surface area contributed by atoms with Gasteiger partial charge in [0.15, 0.2) is 6.61 Å². The standard InChI is InChI=1S/C21H25N3O2/c1-14-11-15(2)21(16(3)12-14)26-13-20(25)22-9-10-24-17(4)23-18-7-5-6-8-19(18)24/h5-8,11-12H,9-10,13H2,1-4H3,(H,22,25). The Hall–Kier alpha value is -2.82. The number of fused-ring (bicyclic) bond motifs is 1. The number of hydrogen-bond donors (Lipinski definition) is 1. The minimum atomic E-state index is -0.119. The zero-order chi connectivity index (χ0) is 18.7. The number of para-hydroxylation sites is 2. The first-order valence-electron chi connectivity index (χ1n) is 8.85. The molecule has 1 N–H and O–H groups in total. The van der Waals surface area contributed by atoms with E-state index in [4.69, 9.17) is 4.74 Å². The molecular formula is C21H25N3O2. The maximum atomic E-state index is 12.1. The van der Waals surface area contributed by atoms with Crippen LogP contribution in [0.25, 0.3) is 11.0 Å². The van der Waals surface area contributed by atoms with Crippen molar-refractivity contribution in [1.82, 2.24) is 14.9 Å². The van der Waals surface area contributed by atoms with Crippen molar-refractivity contribution in [2.75, 3.05) is 13.2 Å². The number of nitrogens with one attached hydrogen (secondary N) is 1. The van der Waals surface area contributed by atoms with Crippen molar-refractivity contribution in [3.63, 3.8) is 0 Å². The Balaban J connectivity index is 1.54. The molecule has 0 aliphatic rings. The predicted octanol–water partition coefficient (Wildman–Crippen LogP) is 3.47. The number of rotatable bonds is 6. The van der Waals surface area contributed by atoms with E-state index in [0.29, 0.717) is 13.1 Å². The van der Waals surface area contributed by atoms with Gasteiger partial charge in [0.1, 0.15) is 11.6 Å². The smallest absolute Gasteiger partial charge is 0.258 e. The molecule has 26 heavy (non-hydrogen) atoms. The molecule has 5 nitrogen and oxygen atoms in total. The van der Waals surface area contributed by atoms with Crippen molar-refractivity contribution in [3.05, 3.63) is 58.9 Å². The molecule has 0 fully saturated rings. The van der Waals surface area contributed by atoms with Crippen molar-refractivity contribution < 1.29 is 9.53 Å². The van der Waals surface area contributed by atoms with Crippen molar-refractivity contribution in [2.24, 2.45) is 0 Å². The van der Waals surface area contributed by atoms with Gasteiger partial charge in [0.2, 0.25) is 0 Å². The minimum Gasteiger partial charge on any atom is -0.483 e. The SMILES string of the molecule is Cc1cc(C)c(OCC(=O)NCCn2c(C)nc3ccccc32)c(C)c1. The lowest BCUT2D eigenvalue weighted by Gasteiger charge is -2.13. The first-order chi connectivity index (χ1) is 12.5. The van der Waals surface area contributed by atoms with Crippen LogP contribution in [0.1, 0.15) is 22.5 Å². The van der Waals surface area contributed by atoms with Crippen LogP contribution >= 0.6 is 0 Å². The van der Waals surface area contributed by atoms with Gasteiger partial charge in [-0.3, -0.25) is 4.79 Å². The summed E-state index contributed by atoms with van der Waals surface area (Å²) in [5.41, 5.74) is 5.36. The van der Waals surface area contributed by atoms with Gasteiger partial charge in [-0.15, -0.1) is 0 Å². The predicted molar refractivity (Wildman–Crippen MR) is 104 cm³/mol. The first kappa shape index (κ1) is 18.0. The third-order valence-electron chi connectivity index (χ3n) is 4.46. The topological polar surface area (TPSA) is 56.1 Å². The van der Waals surface area contributed by atoms with Crippen LogP contribution in [0.15, 0.2) is 36.4 Å². The highest BCUT2D eigenvalue weighted by Crippen LogP contribution is 2.24. The molecule has 0 unspecified atom stereocenters. The van der Waals surface area contributed by atoms with Crippen LogP contribution in [0, 0.1) is 27.7 Å². The average Bonchev–Trinajstić information content (AvgIpc) is 2.89. The van der Waals surface area contributed by atoms with E-state index >= 15 is 0 Å². The lowest BCUT2D eigenvalue weighted by Crippen LogP contribution is -2.31. The zero-order valence-corrected chi connectivity index (χ0v) is 15.8. The van der Waals surface area contributed by atoms with E-state index in [9.17, 15) is 4.79 Å². The normalized spacial score (nSPS) is 10.9. The quantitative estimate of drug-likeness (QED) is 0.740. The molecule has 0 atom stereocenters. The van der Waals surface area contributed by atoms with Crippen LogP contribution < -0.4 is 10.1 Å². The lowest BCUT2D eigenvalue weighted by atomic mass is 10.1. The van der Waals surface area contributed by atoms with E-state index in [1.54, 1.807) is 0 Å². The van der Waals surface area contributed by atoms with Gasteiger partial charge in [0, 0.05) is 13.1 Å². The third-order valence-corrected chi connectivity index (χ3v) is 4.46. The molecule has 1 amide bonds. The Morgan fingerprint density at radius 2 is 1.81 bits per heavy atom. The number of amides is 1. The molecule has 0 aliphatic heterocycles. The minimum absolute atomic E-state index is 0.0222. The molecule has 0 spiro atoms. The summed E-state index contributed by atoms with van der Waals surface area (Å²) in [7, 11) is 0. The second-order valence-corrected chi connectivity index (χ2v) is 6.67. The molecule has 0 saturated carbocycles. The number of nitrogens with zero attached hydrogens (tertiary/aromatic N) is 2. The average molecular weight is 351 g/mol. The van der Waals surface area contributed by atoms with Gasteiger partial charge >= 0.3 is 0 Å². The molecule has 0 bridgehead atoms. The summed E-state index contributed by atoms with van der Waals surface area (Å²) in [4.78, 5) is 16.7. The summed E-state index contributed by atoms with van der Waals surface area (Å²) in [6, 6.07) is 12.1. The summed E-state index contributed by atoms with van der Waals surface area (Å²) in [5.74, 6) is 1.62. The Kier molecular flexibility index (Phi) is 5.26. The summed E-state index contributed by atoms with van der Waals surface area (Å²) in [5, 5.41) is 2.92. The van der Waals surface area contributed by atoms with E-state index < -0.39 is 0 Å². The number of hydrogen-bond acceptors (Lipinski definition) is 3. The summed E-state index contributed by atoms with van der Waals surface area (Å²) >= 11 is 0. The molecule has 0 aliphatic carbocycles. The first-order valence-corrected chi connectivity index (χ1v) is 8.85. The summed E-state index contributed by atoms with van der Waals surface area (Å²) in [6.07, 6.45) is 0. The highest BCUT2D eigenvalue weighted by molar-refractivity contribution is 5.78. The van der Waals surface area contributed by atoms with Gasteiger partial charge in [-0.25, -0.2) is 4.98 Å². The second-order valence-electron chi connectivity index (χ2n) is 6.67. The third kappa shape index (κ3) is 3.87. The van der Waals surface area contributed by atoms with Crippen LogP contribution in [0.4, 0.5) is 0 Å². The maximum Gasteiger partial charge on any atom is 0.258 e. The largest absolute Gasteiger partial charge is 0.483 e. The molecule has 3 aromatic rings. The Labute approximate surface area is 154 Å². The van der Waals surface area contributed by atoms with E-state index in [0.717, 1.165) is 33.7 Å². The maximum absolute atomic E-state index is 12.1. The number of benzene rings is 2. The molecule has 1 heterocycles. The van der Waals surface area contributed by atoms with Crippen LogP contribution in [-0.4, -0.2) is 28.6 Å². The zero-order valence-electron chi connectivity index (χ0n) is 15.8. The second kappa shape index (κ2) is 7.60. The fourth-order valence-electron chi connectivity index (χ4n) is 3.37.